The second-order valence-electron chi connectivity index (χ2n) is 9.06. The predicted molar refractivity (Wildman–Crippen MR) is 118 cm³/mol. The monoisotopic (exact) mass is 419 g/mol. The lowest BCUT2D eigenvalue weighted by Gasteiger charge is -2.28. The number of rotatable bonds is 8. The molecule has 1 amide bonds. The number of nitrogens with one attached hydrogen (secondary N) is 2. The highest BCUT2D eigenvalue weighted by atomic mass is 16.6. The van der Waals surface area contributed by atoms with Gasteiger partial charge >= 0.3 is 6.09 Å². The minimum Gasteiger partial charge on any atom is -0.468 e. The maximum Gasteiger partial charge on any atom is 0.410 e. The molecule has 1 aliphatic carbocycles. The van der Waals surface area contributed by atoms with Gasteiger partial charge in [0.1, 0.15) is 11.4 Å². The Morgan fingerprint density at radius 1 is 1.33 bits per heavy atom. The van der Waals surface area contributed by atoms with Gasteiger partial charge in [-0.15, -0.1) is 0 Å². The van der Waals surface area contributed by atoms with E-state index in [1.54, 1.807) is 13.3 Å². The van der Waals surface area contributed by atoms with Crippen LogP contribution in [-0.4, -0.2) is 73.3 Å². The van der Waals surface area contributed by atoms with Crippen molar-refractivity contribution in [1.29, 1.82) is 0 Å². The van der Waals surface area contributed by atoms with Crippen molar-refractivity contribution in [2.24, 2.45) is 4.99 Å². The number of likely N-dealkylation sites (tertiary alicyclic amines) is 1. The number of carbonyl (C=O) groups excluding carboxylic acids is 1. The topological polar surface area (TPSA) is 82.3 Å². The summed E-state index contributed by atoms with van der Waals surface area (Å²) in [6, 6.07) is 4.46. The summed E-state index contributed by atoms with van der Waals surface area (Å²) in [5.74, 6) is 1.70. The summed E-state index contributed by atoms with van der Waals surface area (Å²) in [6.45, 7) is 9.79. The number of carbonyl (C=O) groups is 1. The number of nitrogens with zero attached hydrogens (tertiary/aromatic N) is 3. The first-order valence-corrected chi connectivity index (χ1v) is 11.1. The minimum absolute atomic E-state index is 0.186. The zero-order chi connectivity index (χ0) is 21.6. The molecule has 1 saturated heterocycles. The molecule has 2 heterocycles. The van der Waals surface area contributed by atoms with Gasteiger partial charge in [-0.1, -0.05) is 0 Å². The SMILES string of the molecule is CN=C(NCCN(C(=O)OC(C)(C)C)C1CC1)NCC(c1ccco1)N1CCCC1. The quantitative estimate of drug-likeness (QED) is 0.498. The first-order valence-electron chi connectivity index (χ1n) is 11.1. The smallest absolute Gasteiger partial charge is 0.410 e. The summed E-state index contributed by atoms with van der Waals surface area (Å²) in [5.41, 5.74) is -0.480. The van der Waals surface area contributed by atoms with Gasteiger partial charge in [-0.25, -0.2) is 4.79 Å². The van der Waals surface area contributed by atoms with E-state index in [4.69, 9.17) is 9.15 Å². The van der Waals surface area contributed by atoms with Gasteiger partial charge in [0, 0.05) is 32.7 Å². The highest BCUT2D eigenvalue weighted by Crippen LogP contribution is 2.28. The van der Waals surface area contributed by atoms with Crippen molar-refractivity contribution in [3.63, 3.8) is 0 Å². The van der Waals surface area contributed by atoms with Crippen molar-refractivity contribution in [3.05, 3.63) is 24.2 Å². The van der Waals surface area contributed by atoms with Crippen LogP contribution in [0.2, 0.25) is 0 Å². The van der Waals surface area contributed by atoms with Gasteiger partial charge in [0.05, 0.1) is 12.3 Å². The Balaban J connectivity index is 1.48. The second-order valence-corrected chi connectivity index (χ2v) is 9.06. The van der Waals surface area contributed by atoms with Crippen LogP contribution in [0.15, 0.2) is 27.8 Å². The van der Waals surface area contributed by atoms with Crippen LogP contribution >= 0.6 is 0 Å². The summed E-state index contributed by atoms with van der Waals surface area (Å²) in [5, 5.41) is 6.76. The molecule has 8 nitrogen and oxygen atoms in total. The molecule has 3 rings (SSSR count). The Bertz CT molecular complexity index is 688. The van der Waals surface area contributed by atoms with Crippen LogP contribution in [-0.2, 0) is 4.74 Å². The molecule has 0 bridgehead atoms. The fraction of sp³-hybridized carbons (Fsp3) is 0.727. The first-order chi connectivity index (χ1) is 14.4. The molecular formula is C22H37N5O3. The molecule has 1 aromatic rings. The van der Waals surface area contributed by atoms with E-state index >= 15 is 0 Å². The molecule has 30 heavy (non-hydrogen) atoms. The Hall–Kier alpha value is -2.22. The molecule has 0 spiro atoms. The number of hydrogen-bond acceptors (Lipinski definition) is 5. The number of guanidine groups is 1. The molecule has 0 aromatic carbocycles. The fourth-order valence-electron chi connectivity index (χ4n) is 3.78. The fourth-order valence-corrected chi connectivity index (χ4v) is 3.78. The summed E-state index contributed by atoms with van der Waals surface area (Å²) in [4.78, 5) is 21.1. The van der Waals surface area contributed by atoms with Crippen LogP contribution in [0.3, 0.4) is 0 Å². The molecule has 1 atom stereocenters. The molecule has 2 aliphatic rings. The second kappa shape index (κ2) is 10.2. The maximum atomic E-state index is 12.5. The molecule has 1 saturated carbocycles. The van der Waals surface area contributed by atoms with Crippen molar-refractivity contribution in [2.45, 2.75) is 64.1 Å². The highest BCUT2D eigenvalue weighted by Gasteiger charge is 2.35. The maximum absolute atomic E-state index is 12.5. The lowest BCUT2D eigenvalue weighted by Crippen LogP contribution is -2.46. The van der Waals surface area contributed by atoms with Crippen molar-refractivity contribution in [1.82, 2.24) is 20.4 Å². The van der Waals surface area contributed by atoms with Crippen molar-refractivity contribution >= 4 is 12.1 Å². The van der Waals surface area contributed by atoms with Crippen LogP contribution in [0, 0.1) is 0 Å². The van der Waals surface area contributed by atoms with E-state index in [2.05, 4.69) is 20.5 Å². The lowest BCUT2D eigenvalue weighted by molar-refractivity contribution is 0.0238. The van der Waals surface area contributed by atoms with Crippen molar-refractivity contribution in [3.8, 4) is 0 Å². The summed E-state index contributed by atoms with van der Waals surface area (Å²) < 4.78 is 11.2. The third-order valence-electron chi connectivity index (χ3n) is 5.40. The van der Waals surface area contributed by atoms with Crippen LogP contribution in [0.4, 0.5) is 4.79 Å². The van der Waals surface area contributed by atoms with Crippen LogP contribution in [0.1, 0.15) is 58.3 Å². The Labute approximate surface area is 180 Å². The molecule has 1 aromatic heterocycles. The van der Waals surface area contributed by atoms with E-state index in [1.807, 2.05) is 37.8 Å². The van der Waals surface area contributed by atoms with Gasteiger partial charge in [0.25, 0.3) is 0 Å². The molecule has 1 unspecified atom stereocenters. The van der Waals surface area contributed by atoms with E-state index in [0.717, 1.165) is 37.7 Å². The average Bonchev–Trinajstić information content (AvgIpc) is 3.15. The Kier molecular flexibility index (Phi) is 7.64. The zero-order valence-corrected chi connectivity index (χ0v) is 18.8. The molecule has 0 radical (unpaired) electrons. The van der Waals surface area contributed by atoms with Crippen LogP contribution in [0.25, 0.3) is 0 Å². The number of amides is 1. The summed E-state index contributed by atoms with van der Waals surface area (Å²) >= 11 is 0. The standard InChI is InChI=1S/C22H37N5O3/c1-22(2,3)30-21(28)27(17-9-10-17)14-11-24-20(23-4)25-16-18(19-8-7-15-29-19)26-12-5-6-13-26/h7-8,15,17-18H,5-6,9-14,16H2,1-4H3,(H2,23,24,25). The number of ether oxygens (including phenoxy) is 1. The van der Waals surface area contributed by atoms with Crippen LogP contribution in [0.5, 0.6) is 0 Å². The largest absolute Gasteiger partial charge is 0.468 e. The number of aliphatic imine (C=N–C) groups is 1. The molecule has 1 aliphatic heterocycles. The van der Waals surface area contributed by atoms with Gasteiger partial charge in [-0.05, 0) is 71.7 Å². The molecule has 2 fully saturated rings. The van der Waals surface area contributed by atoms with Crippen molar-refractivity contribution < 1.29 is 13.9 Å². The number of hydrogen-bond donors (Lipinski definition) is 2. The highest BCUT2D eigenvalue weighted by molar-refractivity contribution is 5.79. The zero-order valence-electron chi connectivity index (χ0n) is 18.8. The molecule has 168 valence electrons. The Morgan fingerprint density at radius 2 is 2.07 bits per heavy atom. The van der Waals surface area contributed by atoms with Gasteiger partial charge < -0.3 is 24.7 Å². The van der Waals surface area contributed by atoms with Gasteiger partial charge in [-0.3, -0.25) is 9.89 Å². The lowest BCUT2D eigenvalue weighted by atomic mass is 10.2. The molecule has 8 heteroatoms. The Morgan fingerprint density at radius 3 is 2.63 bits per heavy atom. The van der Waals surface area contributed by atoms with Crippen LogP contribution < -0.4 is 10.6 Å². The predicted octanol–water partition coefficient (Wildman–Crippen LogP) is 2.98. The number of furan rings is 1. The third-order valence-corrected chi connectivity index (χ3v) is 5.40. The first kappa shape index (κ1) is 22.5. The normalized spacial score (nSPS) is 18.9. The summed E-state index contributed by atoms with van der Waals surface area (Å²) in [6.07, 6.45) is 6.05. The van der Waals surface area contributed by atoms with Gasteiger partial charge in [0.15, 0.2) is 5.96 Å². The van der Waals surface area contributed by atoms with E-state index in [0.29, 0.717) is 25.7 Å². The summed E-state index contributed by atoms with van der Waals surface area (Å²) in [7, 11) is 1.76. The van der Waals surface area contributed by atoms with Gasteiger partial charge in [-0.2, -0.15) is 0 Å². The molecular weight excluding hydrogens is 382 g/mol. The van der Waals surface area contributed by atoms with E-state index in [1.165, 1.54) is 12.8 Å². The van der Waals surface area contributed by atoms with E-state index in [9.17, 15) is 4.79 Å². The molecule has 2 N–H and O–H groups in total. The van der Waals surface area contributed by atoms with E-state index < -0.39 is 5.60 Å². The van der Waals surface area contributed by atoms with E-state index in [-0.39, 0.29) is 12.1 Å². The third kappa shape index (κ3) is 6.65. The van der Waals surface area contributed by atoms with Crippen molar-refractivity contribution in [2.75, 3.05) is 39.8 Å². The van der Waals surface area contributed by atoms with Gasteiger partial charge in [0.2, 0.25) is 0 Å². The average molecular weight is 420 g/mol. The minimum atomic E-state index is -0.480.